The van der Waals surface area contributed by atoms with Crippen LogP contribution in [0.1, 0.15) is 144 Å². The highest BCUT2D eigenvalue weighted by atomic mass is 16.6. The Morgan fingerprint density at radius 3 is 2.40 bits per heavy atom. The summed E-state index contributed by atoms with van der Waals surface area (Å²) in [5, 5.41) is 42.1. The van der Waals surface area contributed by atoms with Gasteiger partial charge < -0.3 is 43.8 Å². The molecule has 12 heteroatoms. The number of hydrogen-bond donors (Lipinski definition) is 4. The molecule has 0 unspecified atom stereocenters. The van der Waals surface area contributed by atoms with Gasteiger partial charge in [-0.25, -0.2) is 9.59 Å². The van der Waals surface area contributed by atoms with Crippen LogP contribution in [0, 0.1) is 23.7 Å². The van der Waals surface area contributed by atoms with Crippen LogP contribution in [0.3, 0.4) is 0 Å². The van der Waals surface area contributed by atoms with Gasteiger partial charge in [0.1, 0.15) is 18.1 Å². The molecule has 80 heavy (non-hydrogen) atoms. The Morgan fingerprint density at radius 2 is 1.60 bits per heavy atom. The standard InChI is InChI=1S/C68H70O12/c1-40(36-70)50-23-18-41-16-19-45(20-17-41)51-24-22-47(46-13-7-11-43(32-46)31-42-9-3-2-4-10-42)33-49(51)34-60(73)77-64-62-59(27-26-55-57(37-71)61(67(75)78-63(55)62)48(28-30-69)38-76-39-72)80-68(65(64)79-66(50)74)29-8-15-54-53-25-21-44-12-5-6-14-52(44)56(53)35-58(54)68/h2-17,19-21,25-27,32,47-49,51,53-54,56,58,64-65,69-72H,18,22-24,28-31,33-39H2,1H3/b50-40-/t47-,48+,49+,51+,53+,54-,56+,58+,64+,65-,68-/m0/s1. The second-order valence-electron chi connectivity index (χ2n) is 23.2. The molecule has 1 aromatic heterocycles. The number of hydrogen-bond acceptors (Lipinski definition) is 12. The Bertz CT molecular complexity index is 3430. The van der Waals surface area contributed by atoms with Crippen LogP contribution in [0.5, 0.6) is 5.75 Å². The minimum Gasteiger partial charge on any atom is -0.482 e. The van der Waals surface area contributed by atoms with Crippen LogP contribution in [-0.2, 0) is 43.2 Å². The van der Waals surface area contributed by atoms with Gasteiger partial charge in [0.25, 0.3) is 0 Å². The number of esters is 2. The third kappa shape index (κ3) is 9.97. The first kappa shape index (κ1) is 53.7. The highest BCUT2D eigenvalue weighted by molar-refractivity contribution is 5.90. The molecule has 2 fully saturated rings. The van der Waals surface area contributed by atoms with Gasteiger partial charge in [-0.2, -0.15) is 0 Å². The zero-order chi connectivity index (χ0) is 55.1. The molecule has 5 aromatic carbocycles. The van der Waals surface area contributed by atoms with Gasteiger partial charge >= 0.3 is 17.6 Å². The van der Waals surface area contributed by atoms with Crippen molar-refractivity contribution in [3.8, 4) is 5.75 Å². The van der Waals surface area contributed by atoms with Crippen molar-refractivity contribution in [3.63, 3.8) is 0 Å². The molecule has 2 saturated carbocycles. The second-order valence-corrected chi connectivity index (χ2v) is 23.2. The van der Waals surface area contributed by atoms with E-state index >= 15 is 9.59 Å². The Hall–Kier alpha value is -6.93. The molecule has 2 bridgehead atoms. The molecule has 0 saturated heterocycles. The Balaban J connectivity index is 1.02. The van der Waals surface area contributed by atoms with E-state index in [0.717, 1.165) is 42.4 Å². The third-order valence-electron chi connectivity index (χ3n) is 18.9. The summed E-state index contributed by atoms with van der Waals surface area (Å²) in [5.41, 5.74) is 7.36. The van der Waals surface area contributed by atoms with Gasteiger partial charge in [0.2, 0.25) is 0 Å². The van der Waals surface area contributed by atoms with Gasteiger partial charge in [-0.15, -0.1) is 0 Å². The van der Waals surface area contributed by atoms with Gasteiger partial charge in [0.15, 0.2) is 17.8 Å². The van der Waals surface area contributed by atoms with Crippen LogP contribution < -0.4 is 10.4 Å². The lowest BCUT2D eigenvalue weighted by molar-refractivity contribution is -0.205. The topological polar surface area (TPSA) is 182 Å². The van der Waals surface area contributed by atoms with Crippen molar-refractivity contribution < 1.29 is 53.4 Å². The number of benzene rings is 5. The molecule has 0 amide bonds. The molecule has 0 radical (unpaired) electrons. The minimum absolute atomic E-state index is 0.00178. The number of aryl methyl sites for hydroxylation is 1. The van der Waals surface area contributed by atoms with E-state index in [4.69, 9.17) is 23.4 Å². The SMILES string of the molecule is C/C(CO)=C1\CCc2ccc(cc2)[C@H]2CC[C@H](c3cccc(Cc4ccccc4)c3)C[C@@H]2CC(=O)O[C@@H]2c3c(ccc4c(CO)c([C@H](CCO)COCO)c(=O)oc34)O[C@]3(CC=C[C@H]4[C@H]5C=Cc6ccccc6[C@H]5C[C@H]43)[C@H]2OC1=O. The molecule has 6 aromatic rings. The van der Waals surface area contributed by atoms with E-state index in [1.165, 1.54) is 22.3 Å². The summed E-state index contributed by atoms with van der Waals surface area (Å²) in [7, 11) is 0. The highest BCUT2D eigenvalue weighted by Gasteiger charge is 2.64. The molecule has 11 atom stereocenters. The van der Waals surface area contributed by atoms with E-state index in [1.807, 2.05) is 12.1 Å². The summed E-state index contributed by atoms with van der Waals surface area (Å²) >= 11 is 0. The molecule has 414 valence electrons. The van der Waals surface area contributed by atoms with E-state index in [2.05, 4.69) is 115 Å². The fourth-order valence-corrected chi connectivity index (χ4v) is 15.0. The van der Waals surface area contributed by atoms with Crippen molar-refractivity contribution in [1.29, 1.82) is 0 Å². The van der Waals surface area contributed by atoms with E-state index in [9.17, 15) is 25.2 Å². The quantitative estimate of drug-likeness (QED) is 0.0317. The first-order valence-electron chi connectivity index (χ1n) is 28.7. The molecular weight excluding hydrogens is 1010 g/mol. The van der Waals surface area contributed by atoms with Gasteiger partial charge in [0.05, 0.1) is 25.4 Å². The number of carbonyl (C=O) groups excluding carboxylic acids is 2. The number of carbonyl (C=O) groups is 2. The first-order chi connectivity index (χ1) is 39.1. The van der Waals surface area contributed by atoms with Crippen LogP contribution in [0.4, 0.5) is 0 Å². The first-order valence-corrected chi connectivity index (χ1v) is 28.7. The lowest BCUT2D eigenvalue weighted by Gasteiger charge is -2.52. The van der Waals surface area contributed by atoms with Gasteiger partial charge in [0, 0.05) is 47.8 Å². The van der Waals surface area contributed by atoms with Crippen molar-refractivity contribution in [3.05, 3.63) is 211 Å². The van der Waals surface area contributed by atoms with E-state index in [-0.39, 0.29) is 103 Å². The highest BCUT2D eigenvalue weighted by Crippen LogP contribution is 2.62. The van der Waals surface area contributed by atoms with E-state index < -0.39 is 54.7 Å². The van der Waals surface area contributed by atoms with Crippen molar-refractivity contribution in [2.75, 3.05) is 26.6 Å². The van der Waals surface area contributed by atoms with Crippen LogP contribution in [0.25, 0.3) is 17.0 Å². The summed E-state index contributed by atoms with van der Waals surface area (Å²) in [5.74, 6) is -1.76. The van der Waals surface area contributed by atoms with Crippen LogP contribution in [0.2, 0.25) is 0 Å². The van der Waals surface area contributed by atoms with Gasteiger partial charge in [-0.1, -0.05) is 127 Å². The Labute approximate surface area is 466 Å². The molecular formula is C68H70O12. The average Bonchev–Trinajstić information content (AvgIpc) is 4.07. The number of fused-ring (bicyclic) bond motifs is 17. The minimum atomic E-state index is -1.39. The van der Waals surface area contributed by atoms with E-state index in [1.54, 1.807) is 19.1 Å². The Kier molecular flexibility index (Phi) is 15.4. The smallest absolute Gasteiger partial charge is 0.340 e. The van der Waals surface area contributed by atoms with Gasteiger partial charge in [-0.05, 0) is 156 Å². The van der Waals surface area contributed by atoms with Crippen molar-refractivity contribution in [1.82, 2.24) is 0 Å². The maximum atomic E-state index is 15.7. The van der Waals surface area contributed by atoms with Crippen molar-refractivity contribution in [2.24, 2.45) is 23.7 Å². The summed E-state index contributed by atoms with van der Waals surface area (Å²) < 4.78 is 33.5. The van der Waals surface area contributed by atoms with Crippen LogP contribution in [0.15, 0.2) is 154 Å². The number of aliphatic hydroxyl groups is 4. The lowest BCUT2D eigenvalue weighted by Crippen LogP contribution is -2.61. The predicted molar refractivity (Wildman–Crippen MR) is 303 cm³/mol. The molecule has 7 aliphatic rings. The molecule has 4 N–H and O–H groups in total. The maximum absolute atomic E-state index is 15.7. The summed E-state index contributed by atoms with van der Waals surface area (Å²) in [6.45, 7) is -0.336. The molecule has 3 aliphatic heterocycles. The molecule has 1 spiro atoms. The zero-order valence-corrected chi connectivity index (χ0v) is 45.2. The molecule has 13 rings (SSSR count). The molecule has 12 nitrogen and oxygen atoms in total. The largest absolute Gasteiger partial charge is 0.482 e. The molecule has 4 heterocycles. The predicted octanol–water partition coefficient (Wildman–Crippen LogP) is 11.0. The normalized spacial score (nSPS) is 27.9. The maximum Gasteiger partial charge on any atom is 0.340 e. The van der Waals surface area contributed by atoms with Crippen LogP contribution in [-0.4, -0.2) is 70.7 Å². The fourth-order valence-electron chi connectivity index (χ4n) is 15.0. The summed E-state index contributed by atoms with van der Waals surface area (Å²) in [6, 6.07) is 39.7. The lowest BCUT2D eigenvalue weighted by atomic mass is 9.66. The monoisotopic (exact) mass is 1080 g/mol. The zero-order valence-electron chi connectivity index (χ0n) is 45.2. The molecule has 4 aliphatic carbocycles. The number of ether oxygens (including phenoxy) is 4. The second kappa shape index (κ2) is 22.9. The number of allylic oxidation sites excluding steroid dienone is 2. The Morgan fingerprint density at radius 1 is 0.787 bits per heavy atom. The van der Waals surface area contributed by atoms with E-state index in [0.29, 0.717) is 41.5 Å². The summed E-state index contributed by atoms with van der Waals surface area (Å²) in [4.78, 5) is 45.8. The van der Waals surface area contributed by atoms with Crippen LogP contribution >= 0.6 is 0 Å². The summed E-state index contributed by atoms with van der Waals surface area (Å²) in [6.07, 6.45) is 11.3. The third-order valence-corrected chi connectivity index (χ3v) is 18.9. The fraction of sp³-hybridized carbons (Fsp3) is 0.397. The van der Waals surface area contributed by atoms with Crippen molar-refractivity contribution in [2.45, 2.75) is 119 Å². The van der Waals surface area contributed by atoms with Crippen molar-refractivity contribution >= 4 is 29.0 Å². The number of aliphatic hydroxyl groups excluding tert-OH is 4. The number of rotatable bonds is 11. The van der Waals surface area contributed by atoms with Gasteiger partial charge in [-0.3, -0.25) is 4.79 Å². The average molecular weight is 1080 g/mol.